The highest BCUT2D eigenvalue weighted by atomic mass is 19.1. The smallest absolute Gasteiger partial charge is 0.228 e. The summed E-state index contributed by atoms with van der Waals surface area (Å²) in [5, 5.41) is 20.9. The summed E-state index contributed by atoms with van der Waals surface area (Å²) in [5.41, 5.74) is 0.0491. The number of aromatic hydroxyl groups is 1. The second-order valence-electron chi connectivity index (χ2n) is 4.64. The van der Waals surface area contributed by atoms with Gasteiger partial charge in [-0.1, -0.05) is 6.07 Å². The molecular weight excluding hydrogens is 249 g/mol. The van der Waals surface area contributed by atoms with Gasteiger partial charge >= 0.3 is 0 Å². The lowest BCUT2D eigenvalue weighted by atomic mass is 10.1. The van der Waals surface area contributed by atoms with Crippen LogP contribution in [0.4, 0.5) is 10.1 Å². The van der Waals surface area contributed by atoms with Crippen LogP contribution >= 0.6 is 0 Å². The van der Waals surface area contributed by atoms with Crippen LogP contribution in [0.1, 0.15) is 6.42 Å². The van der Waals surface area contributed by atoms with E-state index in [0.717, 1.165) is 6.07 Å². The number of amides is 1. The van der Waals surface area contributed by atoms with Crippen molar-refractivity contribution in [2.45, 2.75) is 12.5 Å². The van der Waals surface area contributed by atoms with Gasteiger partial charge in [0.2, 0.25) is 5.91 Å². The number of rotatable bonds is 2. The molecule has 100 valence electrons. The van der Waals surface area contributed by atoms with Gasteiger partial charge < -0.3 is 10.4 Å². The number of anilines is 1. The van der Waals surface area contributed by atoms with Crippen LogP contribution in [0, 0.1) is 23.1 Å². The first-order valence-corrected chi connectivity index (χ1v) is 5.91. The number of benzene rings is 1. The lowest BCUT2D eigenvalue weighted by Crippen LogP contribution is -2.26. The molecule has 0 spiro atoms. The number of hydrogen-bond acceptors (Lipinski definition) is 4. The molecule has 1 saturated heterocycles. The third-order valence-electron chi connectivity index (χ3n) is 3.31. The summed E-state index contributed by atoms with van der Waals surface area (Å²) in [6.45, 7) is 0.472. The van der Waals surface area contributed by atoms with Crippen LogP contribution in [0.15, 0.2) is 18.2 Å². The summed E-state index contributed by atoms with van der Waals surface area (Å²) >= 11 is 0. The molecule has 5 nitrogen and oxygen atoms in total. The molecule has 2 rings (SSSR count). The first-order chi connectivity index (χ1) is 9.02. The summed E-state index contributed by atoms with van der Waals surface area (Å²) in [4.78, 5) is 13.8. The first-order valence-electron chi connectivity index (χ1n) is 5.91. The van der Waals surface area contributed by atoms with Crippen molar-refractivity contribution in [1.82, 2.24) is 4.90 Å². The predicted molar refractivity (Wildman–Crippen MR) is 66.8 cm³/mol. The minimum atomic E-state index is -0.781. The van der Waals surface area contributed by atoms with E-state index in [2.05, 4.69) is 11.4 Å². The maximum Gasteiger partial charge on any atom is 0.228 e. The number of likely N-dealkylation sites (tertiary alicyclic amines) is 1. The lowest BCUT2D eigenvalue weighted by molar-refractivity contribution is -0.119. The molecule has 2 atom stereocenters. The molecule has 0 radical (unpaired) electrons. The fourth-order valence-corrected chi connectivity index (χ4v) is 2.19. The van der Waals surface area contributed by atoms with Gasteiger partial charge in [-0.15, -0.1) is 0 Å². The maximum atomic E-state index is 13.1. The Balaban J connectivity index is 2.07. The molecule has 1 aromatic carbocycles. The molecule has 19 heavy (non-hydrogen) atoms. The number of halogens is 1. The number of phenols is 1. The van der Waals surface area contributed by atoms with Crippen LogP contribution in [-0.4, -0.2) is 35.5 Å². The third kappa shape index (κ3) is 2.66. The zero-order valence-corrected chi connectivity index (χ0v) is 10.4. The summed E-state index contributed by atoms with van der Waals surface area (Å²) in [5.74, 6) is -2.00. The molecule has 1 aromatic rings. The van der Waals surface area contributed by atoms with Crippen LogP contribution < -0.4 is 5.32 Å². The Morgan fingerprint density at radius 2 is 2.37 bits per heavy atom. The van der Waals surface area contributed by atoms with E-state index < -0.39 is 11.6 Å². The first kappa shape index (κ1) is 13.3. The van der Waals surface area contributed by atoms with E-state index in [1.165, 1.54) is 12.1 Å². The molecule has 0 aromatic heterocycles. The lowest BCUT2D eigenvalue weighted by Gasteiger charge is -2.12. The third-order valence-corrected chi connectivity index (χ3v) is 3.31. The summed E-state index contributed by atoms with van der Waals surface area (Å²) < 4.78 is 13.1. The van der Waals surface area contributed by atoms with Crippen LogP contribution in [0.5, 0.6) is 5.75 Å². The van der Waals surface area contributed by atoms with Crippen molar-refractivity contribution in [3.63, 3.8) is 0 Å². The average molecular weight is 263 g/mol. The summed E-state index contributed by atoms with van der Waals surface area (Å²) in [6.07, 6.45) is 0.439. The van der Waals surface area contributed by atoms with Crippen molar-refractivity contribution in [1.29, 1.82) is 5.26 Å². The number of nitrogens with zero attached hydrogens (tertiary/aromatic N) is 2. The monoisotopic (exact) mass is 263 g/mol. The molecule has 2 N–H and O–H groups in total. The highest BCUT2D eigenvalue weighted by molar-refractivity contribution is 5.94. The normalized spacial score (nSPS) is 23.0. The Kier molecular flexibility index (Phi) is 3.67. The molecule has 0 bridgehead atoms. The van der Waals surface area contributed by atoms with Gasteiger partial charge in [-0.2, -0.15) is 5.26 Å². The standard InChI is InChI=1S/C13H14FN3O2/c1-17-7-8(5-9(17)6-15)13(19)16-11-4-2-3-10(14)12(11)18/h2-4,8-9,18H,5,7H2,1H3,(H,16,19)/t8-,9?/m0/s1. The van der Waals surface area contributed by atoms with E-state index in [1.807, 2.05) is 0 Å². The molecule has 1 aliphatic rings. The minimum Gasteiger partial charge on any atom is -0.503 e. The van der Waals surface area contributed by atoms with E-state index >= 15 is 0 Å². The number of carbonyl (C=O) groups excluding carboxylic acids is 1. The van der Waals surface area contributed by atoms with Crippen molar-refractivity contribution in [2.75, 3.05) is 18.9 Å². The predicted octanol–water partition coefficient (Wildman–Crippen LogP) is 1.31. The zero-order chi connectivity index (χ0) is 14.0. The van der Waals surface area contributed by atoms with Crippen molar-refractivity contribution in [3.8, 4) is 11.8 Å². The zero-order valence-electron chi connectivity index (χ0n) is 10.4. The van der Waals surface area contributed by atoms with Crippen LogP contribution in [0.25, 0.3) is 0 Å². The van der Waals surface area contributed by atoms with Gasteiger partial charge in [-0.25, -0.2) is 4.39 Å². The Morgan fingerprint density at radius 1 is 1.63 bits per heavy atom. The minimum absolute atomic E-state index is 0.0491. The number of phenolic OH excluding ortho intramolecular Hbond substituents is 1. The Labute approximate surface area is 110 Å². The average Bonchev–Trinajstić information content (AvgIpc) is 2.76. The van der Waals surface area contributed by atoms with Crippen molar-refractivity contribution in [3.05, 3.63) is 24.0 Å². The highest BCUT2D eigenvalue weighted by Crippen LogP contribution is 2.28. The number of para-hydroxylation sites is 1. The molecule has 1 heterocycles. The van der Waals surface area contributed by atoms with Gasteiger partial charge in [0.05, 0.1) is 23.7 Å². The summed E-state index contributed by atoms with van der Waals surface area (Å²) in [6, 6.07) is 5.78. The summed E-state index contributed by atoms with van der Waals surface area (Å²) in [7, 11) is 1.78. The molecule has 1 aliphatic heterocycles. The molecule has 6 heteroatoms. The van der Waals surface area contributed by atoms with Crippen molar-refractivity contribution in [2.24, 2.45) is 5.92 Å². The fraction of sp³-hybridized carbons (Fsp3) is 0.385. The van der Waals surface area contributed by atoms with E-state index in [1.54, 1.807) is 11.9 Å². The molecule has 0 aliphatic carbocycles. The van der Waals surface area contributed by atoms with Gasteiger partial charge in [-0.05, 0) is 25.6 Å². The number of nitrogens with one attached hydrogen (secondary N) is 1. The Bertz CT molecular complexity index is 541. The van der Waals surface area contributed by atoms with Gasteiger partial charge in [0.1, 0.15) is 0 Å². The van der Waals surface area contributed by atoms with E-state index in [0.29, 0.717) is 13.0 Å². The van der Waals surface area contributed by atoms with Crippen LogP contribution in [0.2, 0.25) is 0 Å². The largest absolute Gasteiger partial charge is 0.503 e. The second-order valence-corrected chi connectivity index (χ2v) is 4.64. The molecule has 1 unspecified atom stereocenters. The second kappa shape index (κ2) is 5.24. The van der Waals surface area contributed by atoms with E-state index in [9.17, 15) is 14.3 Å². The van der Waals surface area contributed by atoms with E-state index in [4.69, 9.17) is 5.26 Å². The van der Waals surface area contributed by atoms with Crippen molar-refractivity contribution < 1.29 is 14.3 Å². The Morgan fingerprint density at radius 3 is 3.00 bits per heavy atom. The molecule has 0 saturated carbocycles. The molecular formula is C13H14FN3O2. The van der Waals surface area contributed by atoms with Crippen LogP contribution in [0.3, 0.4) is 0 Å². The maximum absolute atomic E-state index is 13.1. The Hall–Kier alpha value is -2.13. The number of carbonyl (C=O) groups is 1. The van der Waals surface area contributed by atoms with Gasteiger partial charge in [-0.3, -0.25) is 9.69 Å². The highest BCUT2D eigenvalue weighted by Gasteiger charge is 2.34. The topological polar surface area (TPSA) is 76.4 Å². The number of hydrogen-bond donors (Lipinski definition) is 2. The molecule has 1 fully saturated rings. The fourth-order valence-electron chi connectivity index (χ4n) is 2.19. The molecule has 1 amide bonds. The van der Waals surface area contributed by atoms with E-state index in [-0.39, 0.29) is 23.6 Å². The quantitative estimate of drug-likeness (QED) is 0.789. The van der Waals surface area contributed by atoms with Crippen molar-refractivity contribution >= 4 is 11.6 Å². The van der Waals surface area contributed by atoms with Gasteiger partial charge in [0.15, 0.2) is 11.6 Å². The SMILES string of the molecule is CN1C[C@@H](C(=O)Nc2cccc(F)c2O)CC1C#N. The van der Waals surface area contributed by atoms with Gasteiger partial charge in [0, 0.05) is 6.54 Å². The number of nitriles is 1. The van der Waals surface area contributed by atoms with Gasteiger partial charge in [0.25, 0.3) is 0 Å². The van der Waals surface area contributed by atoms with Crippen LogP contribution in [-0.2, 0) is 4.79 Å².